The van der Waals surface area contributed by atoms with Crippen molar-refractivity contribution in [3.63, 3.8) is 0 Å². The summed E-state index contributed by atoms with van der Waals surface area (Å²) < 4.78 is 11.6. The highest BCUT2D eigenvalue weighted by Gasteiger charge is 2.34. The van der Waals surface area contributed by atoms with E-state index in [-0.39, 0.29) is 17.2 Å². The van der Waals surface area contributed by atoms with Crippen molar-refractivity contribution in [3.8, 4) is 11.5 Å². The average molecular weight is 575 g/mol. The van der Waals surface area contributed by atoms with Crippen molar-refractivity contribution in [1.29, 1.82) is 0 Å². The van der Waals surface area contributed by atoms with Gasteiger partial charge in [-0.05, 0) is 97.2 Å². The molecule has 0 aliphatic carbocycles. The third-order valence-electron chi connectivity index (χ3n) is 8.61. The van der Waals surface area contributed by atoms with E-state index in [0.29, 0.717) is 22.8 Å². The summed E-state index contributed by atoms with van der Waals surface area (Å²) in [6.45, 7) is 16.5. The molecular weight excluding hydrogens is 532 g/mol. The zero-order valence-corrected chi connectivity index (χ0v) is 26.8. The first-order valence-electron chi connectivity index (χ1n) is 14.7. The number of methoxy groups -OCH3 is 1. The minimum absolute atomic E-state index is 0.0482. The molecule has 0 fully saturated rings. The first-order valence-corrected chi connectivity index (χ1v) is 14.7. The van der Waals surface area contributed by atoms with Gasteiger partial charge in [-0.3, -0.25) is 4.79 Å². The third kappa shape index (κ3) is 6.64. The maximum atomic E-state index is 13.2. The molecule has 4 rings (SSSR count). The molecule has 0 aliphatic heterocycles. The topological polar surface area (TPSA) is 52.6 Å². The van der Waals surface area contributed by atoms with Crippen LogP contribution in [0.2, 0.25) is 0 Å². The number of carbonyl (C=O) groups is 2. The predicted octanol–water partition coefficient (Wildman–Crippen LogP) is 9.48. The molecule has 0 aliphatic rings. The van der Waals surface area contributed by atoms with Crippen LogP contribution >= 0.6 is 0 Å². The van der Waals surface area contributed by atoms with Gasteiger partial charge in [0, 0.05) is 11.0 Å². The lowest BCUT2D eigenvalue weighted by molar-refractivity contribution is 0.0732. The Kier molecular flexibility index (Phi) is 9.40. The second-order valence-electron chi connectivity index (χ2n) is 12.0. The number of aryl methyl sites for hydroxylation is 4. The first kappa shape index (κ1) is 31.5. The summed E-state index contributed by atoms with van der Waals surface area (Å²) in [6, 6.07) is 23.6. The summed E-state index contributed by atoms with van der Waals surface area (Å²) >= 11 is 0. The van der Waals surface area contributed by atoms with E-state index >= 15 is 0 Å². The molecule has 0 saturated heterocycles. The average Bonchev–Trinajstić information content (AvgIpc) is 2.97. The minimum Gasteiger partial charge on any atom is -0.496 e. The van der Waals surface area contributed by atoms with Gasteiger partial charge in [0.1, 0.15) is 11.5 Å². The fourth-order valence-corrected chi connectivity index (χ4v) is 5.72. The van der Waals surface area contributed by atoms with E-state index in [1.54, 1.807) is 26.2 Å². The zero-order chi connectivity index (χ0) is 31.5. The second kappa shape index (κ2) is 12.8. The molecule has 0 N–H and O–H groups in total. The molecule has 0 radical (unpaired) electrons. The Morgan fingerprint density at radius 1 is 0.674 bits per heavy atom. The van der Waals surface area contributed by atoms with Gasteiger partial charge in [-0.2, -0.15) is 0 Å². The molecule has 0 bridgehead atoms. The molecule has 0 saturated carbocycles. The van der Waals surface area contributed by atoms with Crippen molar-refractivity contribution >= 4 is 23.9 Å². The fraction of sp³-hybridized carbons (Fsp3) is 0.282. The fourth-order valence-electron chi connectivity index (χ4n) is 5.72. The van der Waals surface area contributed by atoms with Gasteiger partial charge in [0.2, 0.25) is 0 Å². The SMILES string of the molecule is COc1c(C)cc(C(C)(c2cc(C)c(OC(=O)c3ccc(C=Cc4ccc(C(C)=O)cc4)cc3)c(C)c2)C(C)C)cc1C. The summed E-state index contributed by atoms with van der Waals surface area (Å²) in [5, 5.41) is 0. The maximum Gasteiger partial charge on any atom is 0.343 e. The Morgan fingerprint density at radius 3 is 1.44 bits per heavy atom. The number of rotatable bonds is 9. The van der Waals surface area contributed by atoms with Crippen LogP contribution in [0.1, 0.15) is 92.9 Å². The summed E-state index contributed by atoms with van der Waals surface area (Å²) in [5.74, 6) is 1.50. The molecule has 1 unspecified atom stereocenters. The van der Waals surface area contributed by atoms with Crippen LogP contribution in [0.25, 0.3) is 12.2 Å². The lowest BCUT2D eigenvalue weighted by atomic mass is 9.67. The summed E-state index contributed by atoms with van der Waals surface area (Å²) in [6.07, 6.45) is 3.95. The molecule has 43 heavy (non-hydrogen) atoms. The Labute approximate surface area is 256 Å². The van der Waals surface area contributed by atoms with Crippen LogP contribution in [0, 0.1) is 33.6 Å². The highest BCUT2D eigenvalue weighted by molar-refractivity contribution is 5.94. The van der Waals surface area contributed by atoms with Gasteiger partial charge >= 0.3 is 5.97 Å². The Hall–Kier alpha value is -4.44. The number of carbonyl (C=O) groups excluding carboxylic acids is 2. The smallest absolute Gasteiger partial charge is 0.343 e. The largest absolute Gasteiger partial charge is 0.496 e. The monoisotopic (exact) mass is 574 g/mol. The van der Waals surface area contributed by atoms with Crippen LogP contribution in [-0.4, -0.2) is 18.9 Å². The first-order chi connectivity index (χ1) is 20.3. The molecule has 0 aromatic heterocycles. The van der Waals surface area contributed by atoms with Gasteiger partial charge in [0.15, 0.2) is 5.78 Å². The third-order valence-corrected chi connectivity index (χ3v) is 8.61. The van der Waals surface area contributed by atoms with E-state index in [1.165, 1.54) is 11.1 Å². The number of esters is 1. The second-order valence-corrected chi connectivity index (χ2v) is 12.0. The zero-order valence-electron chi connectivity index (χ0n) is 26.8. The Balaban J connectivity index is 1.55. The van der Waals surface area contributed by atoms with Gasteiger partial charge in [0.25, 0.3) is 0 Å². The molecule has 4 aromatic carbocycles. The van der Waals surface area contributed by atoms with Gasteiger partial charge < -0.3 is 9.47 Å². The minimum atomic E-state index is -0.387. The molecule has 0 heterocycles. The molecule has 0 amide bonds. The van der Waals surface area contributed by atoms with Crippen molar-refractivity contribution in [3.05, 3.63) is 128 Å². The summed E-state index contributed by atoms with van der Waals surface area (Å²) in [5.41, 5.74) is 9.39. The molecule has 1 atom stereocenters. The lowest BCUT2D eigenvalue weighted by Gasteiger charge is -2.37. The van der Waals surface area contributed by atoms with Crippen LogP contribution in [0.3, 0.4) is 0 Å². The maximum absolute atomic E-state index is 13.2. The van der Waals surface area contributed by atoms with Crippen molar-refractivity contribution in [2.75, 3.05) is 7.11 Å². The van der Waals surface area contributed by atoms with Crippen LogP contribution in [-0.2, 0) is 5.41 Å². The van der Waals surface area contributed by atoms with Gasteiger partial charge in [0.05, 0.1) is 12.7 Å². The normalized spacial score (nSPS) is 12.8. The Bertz CT molecular complexity index is 1630. The van der Waals surface area contributed by atoms with Crippen molar-refractivity contribution in [2.24, 2.45) is 5.92 Å². The summed E-state index contributed by atoms with van der Waals surface area (Å²) in [4.78, 5) is 24.7. The van der Waals surface area contributed by atoms with Crippen molar-refractivity contribution in [2.45, 2.75) is 60.8 Å². The number of hydrogen-bond donors (Lipinski definition) is 0. The van der Waals surface area contributed by atoms with Crippen LogP contribution < -0.4 is 9.47 Å². The number of ketones is 1. The number of benzene rings is 4. The predicted molar refractivity (Wildman–Crippen MR) is 176 cm³/mol. The van der Waals surface area contributed by atoms with E-state index in [4.69, 9.17) is 9.47 Å². The number of Topliss-reactive ketones (excluding diaryl/α,β-unsaturated/α-hetero) is 1. The van der Waals surface area contributed by atoms with Crippen molar-refractivity contribution < 1.29 is 19.1 Å². The molecule has 4 aromatic rings. The van der Waals surface area contributed by atoms with Crippen molar-refractivity contribution in [1.82, 2.24) is 0 Å². The van der Waals surface area contributed by atoms with Gasteiger partial charge in [-0.1, -0.05) is 93.6 Å². The Morgan fingerprint density at radius 2 is 1.07 bits per heavy atom. The quantitative estimate of drug-likeness (QED) is 0.0865. The van der Waals surface area contributed by atoms with E-state index in [1.807, 2.05) is 62.4 Å². The molecule has 0 spiro atoms. The number of hydrogen-bond acceptors (Lipinski definition) is 4. The number of ether oxygens (including phenoxy) is 2. The van der Waals surface area contributed by atoms with E-state index < -0.39 is 0 Å². The van der Waals surface area contributed by atoms with Gasteiger partial charge in [-0.15, -0.1) is 0 Å². The molecular formula is C39H42O4. The van der Waals surface area contributed by atoms with E-state index in [2.05, 4.69) is 58.9 Å². The highest BCUT2D eigenvalue weighted by Crippen LogP contribution is 2.43. The molecule has 222 valence electrons. The standard InChI is InChI=1S/C39H42O4/c1-24(2)39(8,34-20-25(3)36(42-9)26(4)21-34)35-22-27(5)37(28(6)23-35)43-38(41)33-18-14-31(15-19-33)11-10-30-12-16-32(17-13-30)29(7)40/h10-24H,1-9H3. The lowest BCUT2D eigenvalue weighted by Crippen LogP contribution is -2.31. The van der Waals surface area contributed by atoms with E-state index in [0.717, 1.165) is 39.1 Å². The van der Waals surface area contributed by atoms with Crippen LogP contribution in [0.4, 0.5) is 0 Å². The molecule has 4 heteroatoms. The summed E-state index contributed by atoms with van der Waals surface area (Å²) in [7, 11) is 1.72. The van der Waals surface area contributed by atoms with Crippen LogP contribution in [0.5, 0.6) is 11.5 Å². The molecule has 4 nitrogen and oxygen atoms in total. The van der Waals surface area contributed by atoms with E-state index in [9.17, 15) is 9.59 Å². The van der Waals surface area contributed by atoms with Crippen LogP contribution in [0.15, 0.2) is 72.8 Å². The highest BCUT2D eigenvalue weighted by atomic mass is 16.5. The van der Waals surface area contributed by atoms with Gasteiger partial charge in [-0.25, -0.2) is 4.79 Å².